The number of carbonyl (C=O) groups excluding carboxylic acids is 3. The van der Waals surface area contributed by atoms with Gasteiger partial charge in [-0.15, -0.1) is 0 Å². The number of hydrogen-bond donors (Lipinski definition) is 4. The minimum absolute atomic E-state index is 0.0131. The summed E-state index contributed by atoms with van der Waals surface area (Å²) in [5, 5.41) is 23.4. The Morgan fingerprint density at radius 2 is 2.10 bits per heavy atom. The van der Waals surface area contributed by atoms with E-state index in [0.717, 1.165) is 25.7 Å². The summed E-state index contributed by atoms with van der Waals surface area (Å²) in [6.45, 7) is 0.352. The molecule has 1 aliphatic heterocycles. The van der Waals surface area contributed by atoms with Gasteiger partial charge >= 0.3 is 0 Å². The zero-order valence-electron chi connectivity index (χ0n) is 16.2. The summed E-state index contributed by atoms with van der Waals surface area (Å²) < 4.78 is 0. The summed E-state index contributed by atoms with van der Waals surface area (Å²) in [4.78, 5) is 40.7. The Morgan fingerprint density at radius 1 is 1.34 bits per heavy atom. The number of anilines is 1. The molecule has 2 heterocycles. The first-order valence-corrected chi connectivity index (χ1v) is 9.91. The zero-order chi connectivity index (χ0) is 20.8. The van der Waals surface area contributed by atoms with E-state index in [2.05, 4.69) is 15.7 Å². The van der Waals surface area contributed by atoms with Gasteiger partial charge in [-0.05, 0) is 30.9 Å². The second-order valence-corrected chi connectivity index (χ2v) is 7.62. The van der Waals surface area contributed by atoms with Crippen molar-refractivity contribution in [2.45, 2.75) is 44.6 Å². The van der Waals surface area contributed by atoms with E-state index in [1.165, 1.54) is 23.3 Å². The average molecular weight is 405 g/mol. The summed E-state index contributed by atoms with van der Waals surface area (Å²) in [6.07, 6.45) is 6.80. The molecule has 3 rings (SSSR count). The lowest BCUT2D eigenvalue weighted by Crippen LogP contribution is -2.51. The van der Waals surface area contributed by atoms with E-state index in [0.29, 0.717) is 30.4 Å². The Balaban J connectivity index is 1.68. The number of aromatic hydroxyl groups is 1. The van der Waals surface area contributed by atoms with E-state index >= 15 is 0 Å². The van der Waals surface area contributed by atoms with Crippen molar-refractivity contribution in [1.82, 2.24) is 20.5 Å². The van der Waals surface area contributed by atoms with Crippen molar-refractivity contribution in [2.24, 2.45) is 11.8 Å². The highest BCUT2D eigenvalue weighted by molar-refractivity contribution is 5.97. The number of hydrogen-bond acceptors (Lipinski definition) is 7. The minimum atomic E-state index is -0.729. The lowest BCUT2D eigenvalue weighted by atomic mass is 9.92. The first-order valence-electron chi connectivity index (χ1n) is 9.91. The molecule has 1 aromatic heterocycles. The Bertz CT molecular complexity index is 722. The number of nitrogens with zero attached hydrogens (tertiary/aromatic N) is 3. The fourth-order valence-electron chi connectivity index (χ4n) is 4.08. The van der Waals surface area contributed by atoms with E-state index < -0.39 is 17.9 Å². The monoisotopic (exact) mass is 405 g/mol. The highest BCUT2D eigenvalue weighted by atomic mass is 16.5. The fraction of sp³-hybridized carbons (Fsp3) is 0.579. The Hall–Kier alpha value is -2.72. The number of carbonyl (C=O) groups is 3. The SMILES string of the molecule is O=CN(O)CC(CC1CCCC1)C(=O)N1NCCC1C(=O)Nc1ccc(O)cn1. The predicted molar refractivity (Wildman–Crippen MR) is 102 cm³/mol. The van der Waals surface area contributed by atoms with Crippen LogP contribution in [0.4, 0.5) is 5.82 Å². The molecule has 1 aromatic rings. The lowest BCUT2D eigenvalue weighted by molar-refractivity contribution is -0.159. The van der Waals surface area contributed by atoms with Crippen LogP contribution in [0.15, 0.2) is 18.3 Å². The van der Waals surface area contributed by atoms with E-state index in [9.17, 15) is 24.7 Å². The number of aromatic nitrogens is 1. The molecule has 0 aromatic carbocycles. The molecule has 4 N–H and O–H groups in total. The van der Waals surface area contributed by atoms with Crippen molar-refractivity contribution in [3.05, 3.63) is 18.3 Å². The molecule has 2 atom stereocenters. The van der Waals surface area contributed by atoms with E-state index in [-0.39, 0.29) is 30.4 Å². The first-order chi connectivity index (χ1) is 14.0. The Labute approximate surface area is 168 Å². The van der Waals surface area contributed by atoms with Gasteiger partial charge in [0.1, 0.15) is 17.6 Å². The molecule has 3 amide bonds. The molecular formula is C19H27N5O5. The summed E-state index contributed by atoms with van der Waals surface area (Å²) in [6, 6.07) is 2.15. The van der Waals surface area contributed by atoms with Crippen molar-refractivity contribution in [3.8, 4) is 5.75 Å². The van der Waals surface area contributed by atoms with E-state index in [1.807, 2.05) is 0 Å². The maximum absolute atomic E-state index is 13.2. The van der Waals surface area contributed by atoms with Crippen molar-refractivity contribution in [2.75, 3.05) is 18.4 Å². The number of hydroxylamine groups is 2. The third-order valence-corrected chi connectivity index (χ3v) is 5.52. The van der Waals surface area contributed by atoms with E-state index in [1.54, 1.807) is 0 Å². The van der Waals surface area contributed by atoms with Crippen LogP contribution in [0.1, 0.15) is 38.5 Å². The van der Waals surface area contributed by atoms with Crippen LogP contribution in [0, 0.1) is 11.8 Å². The third kappa shape index (κ3) is 5.42. The third-order valence-electron chi connectivity index (χ3n) is 5.52. The van der Waals surface area contributed by atoms with Crippen LogP contribution in [0.25, 0.3) is 0 Å². The molecule has 2 fully saturated rings. The Morgan fingerprint density at radius 3 is 2.76 bits per heavy atom. The molecular weight excluding hydrogens is 378 g/mol. The van der Waals surface area contributed by atoms with Crippen LogP contribution in [0.2, 0.25) is 0 Å². The van der Waals surface area contributed by atoms with Gasteiger partial charge in [0.05, 0.1) is 18.7 Å². The van der Waals surface area contributed by atoms with Crippen LogP contribution < -0.4 is 10.7 Å². The van der Waals surface area contributed by atoms with Crippen LogP contribution >= 0.6 is 0 Å². The molecule has 29 heavy (non-hydrogen) atoms. The fourth-order valence-corrected chi connectivity index (χ4v) is 4.08. The van der Waals surface area contributed by atoms with Crippen molar-refractivity contribution < 1.29 is 24.7 Å². The second-order valence-electron chi connectivity index (χ2n) is 7.62. The van der Waals surface area contributed by atoms with Crippen molar-refractivity contribution >= 4 is 24.0 Å². The summed E-state index contributed by atoms with van der Waals surface area (Å²) in [5.41, 5.74) is 2.95. The Kier molecular flexibility index (Phi) is 6.99. The molecule has 10 heteroatoms. The van der Waals surface area contributed by atoms with E-state index in [4.69, 9.17) is 0 Å². The molecule has 2 aliphatic rings. The van der Waals surface area contributed by atoms with Crippen molar-refractivity contribution in [3.63, 3.8) is 0 Å². The van der Waals surface area contributed by atoms with Gasteiger partial charge in [0, 0.05) is 6.54 Å². The van der Waals surface area contributed by atoms with Gasteiger partial charge in [-0.3, -0.25) is 24.6 Å². The number of nitrogens with one attached hydrogen (secondary N) is 2. The molecule has 10 nitrogen and oxygen atoms in total. The first kappa shape index (κ1) is 21.0. The number of rotatable bonds is 8. The summed E-state index contributed by atoms with van der Waals surface area (Å²) in [5.74, 6) is -0.662. The molecule has 1 aliphatic carbocycles. The summed E-state index contributed by atoms with van der Waals surface area (Å²) in [7, 11) is 0. The second kappa shape index (κ2) is 9.66. The quantitative estimate of drug-likeness (QED) is 0.286. The highest BCUT2D eigenvalue weighted by Gasteiger charge is 2.39. The number of hydrazine groups is 1. The lowest BCUT2D eigenvalue weighted by Gasteiger charge is -2.29. The van der Waals surface area contributed by atoms with Gasteiger partial charge in [-0.2, -0.15) is 0 Å². The molecule has 2 unspecified atom stereocenters. The van der Waals surface area contributed by atoms with Crippen LogP contribution in [-0.2, 0) is 14.4 Å². The van der Waals surface area contributed by atoms with Crippen molar-refractivity contribution in [1.29, 1.82) is 0 Å². The van der Waals surface area contributed by atoms with Crippen LogP contribution in [-0.4, -0.2) is 62.7 Å². The highest BCUT2D eigenvalue weighted by Crippen LogP contribution is 2.31. The average Bonchev–Trinajstić information content (AvgIpc) is 3.40. The van der Waals surface area contributed by atoms with Crippen LogP contribution in [0.5, 0.6) is 5.75 Å². The molecule has 1 saturated carbocycles. The van der Waals surface area contributed by atoms with Gasteiger partial charge < -0.3 is 10.4 Å². The summed E-state index contributed by atoms with van der Waals surface area (Å²) >= 11 is 0. The topological polar surface area (TPSA) is 135 Å². The molecule has 0 radical (unpaired) electrons. The van der Waals surface area contributed by atoms with Gasteiger partial charge in [-0.25, -0.2) is 15.5 Å². The van der Waals surface area contributed by atoms with Gasteiger partial charge in [-0.1, -0.05) is 25.7 Å². The van der Waals surface area contributed by atoms with Gasteiger partial charge in [0.2, 0.25) is 18.2 Å². The number of pyridine rings is 1. The van der Waals surface area contributed by atoms with Gasteiger partial charge in [0.25, 0.3) is 0 Å². The molecule has 0 spiro atoms. The normalized spacial score (nSPS) is 20.4. The molecule has 1 saturated heterocycles. The minimum Gasteiger partial charge on any atom is -0.506 e. The molecule has 158 valence electrons. The number of amides is 3. The zero-order valence-corrected chi connectivity index (χ0v) is 16.2. The van der Waals surface area contributed by atoms with Crippen LogP contribution in [0.3, 0.4) is 0 Å². The smallest absolute Gasteiger partial charge is 0.250 e. The largest absolute Gasteiger partial charge is 0.506 e. The maximum Gasteiger partial charge on any atom is 0.250 e. The maximum atomic E-state index is 13.2. The van der Waals surface area contributed by atoms with Gasteiger partial charge in [0.15, 0.2) is 0 Å². The standard InChI is InChI=1S/C19H27N5O5/c25-12-23(29)11-14(9-13-3-1-2-4-13)19(28)24-16(7-8-21-24)18(27)22-17-6-5-15(26)10-20-17/h5-6,10,12-14,16,21,26,29H,1-4,7-9,11H2,(H,20,22,27). The predicted octanol–water partition coefficient (Wildman–Crippen LogP) is 0.875. The molecule has 0 bridgehead atoms.